The Kier molecular flexibility index (Phi) is 3.74. The molecule has 2 unspecified atom stereocenters. The Balaban J connectivity index is 1.86. The first kappa shape index (κ1) is 11.8. The Morgan fingerprint density at radius 3 is 2.94 bits per heavy atom. The van der Waals surface area contributed by atoms with Gasteiger partial charge < -0.3 is 9.47 Å². The first-order valence-electron chi connectivity index (χ1n) is 5.12. The number of halogens is 1. The highest BCUT2D eigenvalue weighted by atomic mass is 79.9. The number of ketones is 1. The second kappa shape index (κ2) is 5.08. The number of ether oxygens (including phenoxy) is 2. The second-order valence-corrected chi connectivity index (χ2v) is 4.72. The van der Waals surface area contributed by atoms with Gasteiger partial charge in [-0.25, -0.2) is 0 Å². The summed E-state index contributed by atoms with van der Waals surface area (Å²) in [7, 11) is 1.54. The first-order valence-corrected chi connectivity index (χ1v) is 5.91. The van der Waals surface area contributed by atoms with Crippen LogP contribution in [-0.4, -0.2) is 25.1 Å². The molecule has 4 heteroatoms. The number of Topliss-reactive ketones (excluding diaryl/α,β-unsaturated/α-hetero) is 1. The van der Waals surface area contributed by atoms with E-state index in [1.807, 2.05) is 24.3 Å². The third-order valence-electron chi connectivity index (χ3n) is 2.66. The molecule has 2 rings (SSSR count). The van der Waals surface area contributed by atoms with Crippen molar-refractivity contribution in [2.75, 3.05) is 7.11 Å². The van der Waals surface area contributed by atoms with E-state index in [-0.39, 0.29) is 18.0 Å². The van der Waals surface area contributed by atoms with Gasteiger partial charge in [-0.1, -0.05) is 28.1 Å². The van der Waals surface area contributed by atoms with Gasteiger partial charge in [-0.05, 0) is 17.7 Å². The van der Waals surface area contributed by atoms with E-state index in [9.17, 15) is 4.79 Å². The minimum Gasteiger partial charge on any atom is -0.371 e. The molecule has 1 fully saturated rings. The molecule has 1 aliphatic carbocycles. The van der Waals surface area contributed by atoms with Crippen LogP contribution >= 0.6 is 15.9 Å². The predicted molar refractivity (Wildman–Crippen MR) is 63.1 cm³/mol. The van der Waals surface area contributed by atoms with Crippen molar-refractivity contribution in [3.63, 3.8) is 0 Å². The molecule has 16 heavy (non-hydrogen) atoms. The van der Waals surface area contributed by atoms with Gasteiger partial charge in [0.15, 0.2) is 5.78 Å². The number of benzene rings is 1. The van der Waals surface area contributed by atoms with E-state index >= 15 is 0 Å². The van der Waals surface area contributed by atoms with Crippen LogP contribution < -0.4 is 0 Å². The largest absolute Gasteiger partial charge is 0.371 e. The van der Waals surface area contributed by atoms with Crippen molar-refractivity contribution in [1.82, 2.24) is 0 Å². The number of rotatable bonds is 4. The quantitative estimate of drug-likeness (QED) is 0.851. The lowest BCUT2D eigenvalue weighted by molar-refractivity contribution is -0.163. The molecule has 0 amide bonds. The molecule has 1 aromatic rings. The maximum absolute atomic E-state index is 11.1. The molecule has 1 saturated carbocycles. The summed E-state index contributed by atoms with van der Waals surface area (Å²) in [6.45, 7) is 0.511. The molecule has 0 radical (unpaired) electrons. The van der Waals surface area contributed by atoms with Gasteiger partial charge in [0.1, 0.15) is 6.10 Å². The summed E-state index contributed by atoms with van der Waals surface area (Å²) in [4.78, 5) is 11.1. The minimum absolute atomic E-state index is 0.0866. The molecule has 0 heterocycles. The summed E-state index contributed by atoms with van der Waals surface area (Å²) in [5.41, 5.74) is 1.09. The zero-order chi connectivity index (χ0) is 11.5. The topological polar surface area (TPSA) is 35.5 Å². The summed E-state index contributed by atoms with van der Waals surface area (Å²) in [6.07, 6.45) is 0.00982. The predicted octanol–water partition coefficient (Wildman–Crippen LogP) is 2.32. The second-order valence-electron chi connectivity index (χ2n) is 3.81. The highest BCUT2D eigenvalue weighted by Crippen LogP contribution is 2.23. The molecule has 0 bridgehead atoms. The average molecular weight is 285 g/mol. The van der Waals surface area contributed by atoms with Gasteiger partial charge in [0.25, 0.3) is 0 Å². The summed E-state index contributed by atoms with van der Waals surface area (Å²) < 4.78 is 11.7. The SMILES string of the molecule is COC1C(=O)CC1OCc1cccc(Br)c1. The summed E-state index contributed by atoms with van der Waals surface area (Å²) in [5, 5.41) is 0. The molecule has 1 aliphatic rings. The molecule has 0 N–H and O–H groups in total. The van der Waals surface area contributed by atoms with Crippen LogP contribution in [0.2, 0.25) is 0 Å². The van der Waals surface area contributed by atoms with Gasteiger partial charge in [0, 0.05) is 18.0 Å². The smallest absolute Gasteiger partial charge is 0.166 e. The summed E-state index contributed by atoms with van der Waals surface area (Å²) >= 11 is 3.40. The minimum atomic E-state index is -0.368. The fourth-order valence-corrected chi connectivity index (χ4v) is 2.17. The summed E-state index contributed by atoms with van der Waals surface area (Å²) in [5.74, 6) is 0.127. The van der Waals surface area contributed by atoms with E-state index in [4.69, 9.17) is 9.47 Å². The van der Waals surface area contributed by atoms with E-state index in [1.165, 1.54) is 7.11 Å². The molecular formula is C12H13BrO3. The molecule has 0 aliphatic heterocycles. The lowest BCUT2D eigenvalue weighted by Crippen LogP contribution is -2.49. The van der Waals surface area contributed by atoms with Gasteiger partial charge >= 0.3 is 0 Å². The summed E-state index contributed by atoms with van der Waals surface area (Å²) in [6, 6.07) is 7.92. The van der Waals surface area contributed by atoms with E-state index in [2.05, 4.69) is 15.9 Å². The lowest BCUT2D eigenvalue weighted by atomic mass is 9.90. The number of carbonyl (C=O) groups is 1. The van der Waals surface area contributed by atoms with E-state index < -0.39 is 0 Å². The van der Waals surface area contributed by atoms with Crippen LogP contribution in [0.15, 0.2) is 28.7 Å². The van der Waals surface area contributed by atoms with Crippen molar-refractivity contribution in [2.24, 2.45) is 0 Å². The van der Waals surface area contributed by atoms with Gasteiger partial charge in [-0.2, -0.15) is 0 Å². The maximum Gasteiger partial charge on any atom is 0.166 e. The molecule has 0 spiro atoms. The number of methoxy groups -OCH3 is 1. The zero-order valence-electron chi connectivity index (χ0n) is 8.98. The van der Waals surface area contributed by atoms with Crippen LogP contribution in [0.1, 0.15) is 12.0 Å². The fraction of sp³-hybridized carbons (Fsp3) is 0.417. The van der Waals surface area contributed by atoms with Crippen molar-refractivity contribution >= 4 is 21.7 Å². The fourth-order valence-electron chi connectivity index (χ4n) is 1.73. The average Bonchev–Trinajstić information content (AvgIpc) is 2.24. The van der Waals surface area contributed by atoms with Gasteiger partial charge in [-0.15, -0.1) is 0 Å². The third kappa shape index (κ3) is 2.51. The van der Waals surface area contributed by atoms with Crippen LogP contribution in [-0.2, 0) is 20.9 Å². The number of carbonyl (C=O) groups excluding carboxylic acids is 1. The molecule has 1 aromatic carbocycles. The molecule has 2 atom stereocenters. The number of hydrogen-bond donors (Lipinski definition) is 0. The monoisotopic (exact) mass is 284 g/mol. The van der Waals surface area contributed by atoms with Crippen molar-refractivity contribution in [2.45, 2.75) is 25.2 Å². The van der Waals surface area contributed by atoms with Crippen LogP contribution in [0.25, 0.3) is 0 Å². The van der Waals surface area contributed by atoms with Crippen molar-refractivity contribution in [3.05, 3.63) is 34.3 Å². The van der Waals surface area contributed by atoms with Crippen LogP contribution in [0.3, 0.4) is 0 Å². The first-order chi connectivity index (χ1) is 7.70. The molecular weight excluding hydrogens is 272 g/mol. The van der Waals surface area contributed by atoms with E-state index in [0.29, 0.717) is 13.0 Å². The highest BCUT2D eigenvalue weighted by Gasteiger charge is 2.40. The van der Waals surface area contributed by atoms with Gasteiger partial charge in [0.2, 0.25) is 0 Å². The Morgan fingerprint density at radius 1 is 1.50 bits per heavy atom. The Hall–Kier alpha value is -0.710. The van der Waals surface area contributed by atoms with Crippen molar-refractivity contribution in [3.8, 4) is 0 Å². The lowest BCUT2D eigenvalue weighted by Gasteiger charge is -2.33. The van der Waals surface area contributed by atoms with Crippen LogP contribution in [0.4, 0.5) is 0 Å². The Labute approximate surface area is 103 Å². The Bertz CT molecular complexity index is 392. The van der Waals surface area contributed by atoms with Crippen molar-refractivity contribution < 1.29 is 14.3 Å². The van der Waals surface area contributed by atoms with Crippen molar-refractivity contribution in [1.29, 1.82) is 0 Å². The van der Waals surface area contributed by atoms with E-state index in [0.717, 1.165) is 10.0 Å². The third-order valence-corrected chi connectivity index (χ3v) is 3.16. The molecule has 0 saturated heterocycles. The van der Waals surface area contributed by atoms with E-state index in [1.54, 1.807) is 0 Å². The number of hydrogen-bond acceptors (Lipinski definition) is 3. The Morgan fingerprint density at radius 2 is 2.31 bits per heavy atom. The zero-order valence-corrected chi connectivity index (χ0v) is 10.6. The van der Waals surface area contributed by atoms with Crippen LogP contribution in [0, 0.1) is 0 Å². The standard InChI is InChI=1S/C12H13BrO3/c1-15-12-10(14)6-11(12)16-7-8-3-2-4-9(13)5-8/h2-5,11-12H,6-7H2,1H3. The highest BCUT2D eigenvalue weighted by molar-refractivity contribution is 9.10. The maximum atomic E-state index is 11.1. The van der Waals surface area contributed by atoms with Gasteiger partial charge in [-0.3, -0.25) is 4.79 Å². The molecule has 0 aromatic heterocycles. The molecule has 86 valence electrons. The molecule has 3 nitrogen and oxygen atoms in total. The van der Waals surface area contributed by atoms with Crippen LogP contribution in [0.5, 0.6) is 0 Å². The van der Waals surface area contributed by atoms with Gasteiger partial charge in [0.05, 0.1) is 12.7 Å². The normalized spacial score (nSPS) is 24.2.